The Morgan fingerprint density at radius 2 is 1.94 bits per heavy atom. The number of ether oxygens (including phenoxy) is 2. The Hall–Kier alpha value is -3.54. The van der Waals surface area contributed by atoms with Gasteiger partial charge in [0.1, 0.15) is 11.8 Å². The summed E-state index contributed by atoms with van der Waals surface area (Å²) in [6.45, 7) is 2.11. The number of benzene rings is 1. The third-order valence-electron chi connectivity index (χ3n) is 6.63. The Bertz CT molecular complexity index is 1390. The van der Waals surface area contributed by atoms with E-state index in [1.807, 2.05) is 0 Å². The molecule has 0 saturated carbocycles. The highest BCUT2D eigenvalue weighted by Gasteiger charge is 2.65. The molecule has 35 heavy (non-hydrogen) atoms. The van der Waals surface area contributed by atoms with Crippen LogP contribution in [0.3, 0.4) is 0 Å². The molecule has 1 fully saturated rings. The van der Waals surface area contributed by atoms with E-state index in [1.165, 1.54) is 19.2 Å². The van der Waals surface area contributed by atoms with Gasteiger partial charge in [0.2, 0.25) is 11.7 Å². The number of primary amides is 1. The third-order valence-corrected chi connectivity index (χ3v) is 6.63. The first-order valence-electron chi connectivity index (χ1n) is 10.4. The van der Waals surface area contributed by atoms with Crippen molar-refractivity contribution in [3.05, 3.63) is 69.1 Å². The van der Waals surface area contributed by atoms with Crippen LogP contribution < -0.4 is 15.9 Å². The highest BCUT2D eigenvalue weighted by molar-refractivity contribution is 6.04. The zero-order valence-corrected chi connectivity index (χ0v) is 18.7. The lowest BCUT2D eigenvalue weighted by molar-refractivity contribution is -0.275. The number of rotatable bonds is 4. The van der Waals surface area contributed by atoms with Crippen LogP contribution >= 0.6 is 0 Å². The third kappa shape index (κ3) is 3.72. The number of carbonyl (C=O) groups is 1. The number of fused-ring (bicyclic) bond motifs is 1. The molecule has 1 saturated heterocycles. The molecule has 0 radical (unpaired) electrons. The van der Waals surface area contributed by atoms with E-state index in [0.717, 1.165) is 32.2 Å². The number of hydrogen-bond acceptors (Lipinski definition) is 5. The van der Waals surface area contributed by atoms with E-state index in [4.69, 9.17) is 15.2 Å². The molecule has 4 rings (SSSR count). The fourth-order valence-corrected chi connectivity index (χ4v) is 4.63. The summed E-state index contributed by atoms with van der Waals surface area (Å²) in [5.41, 5.74) is 1.47. The van der Waals surface area contributed by atoms with E-state index in [2.05, 4.69) is 9.97 Å². The molecule has 0 unspecified atom stereocenters. The van der Waals surface area contributed by atoms with Crippen LogP contribution in [0.15, 0.2) is 35.3 Å². The smallest absolute Gasteiger partial charge is 0.417 e. The van der Waals surface area contributed by atoms with Crippen LogP contribution in [0.25, 0.3) is 11.0 Å². The van der Waals surface area contributed by atoms with Gasteiger partial charge in [-0.25, -0.2) is 9.37 Å². The summed E-state index contributed by atoms with van der Waals surface area (Å²) in [5.74, 6) is -6.62. The zero-order valence-electron chi connectivity index (χ0n) is 18.7. The first-order valence-corrected chi connectivity index (χ1v) is 10.4. The van der Waals surface area contributed by atoms with Gasteiger partial charge in [0.05, 0.1) is 23.8 Å². The monoisotopic (exact) mass is 497 g/mol. The summed E-state index contributed by atoms with van der Waals surface area (Å²) in [5, 5.41) is -0.143. The van der Waals surface area contributed by atoms with Crippen LogP contribution in [0.1, 0.15) is 47.5 Å². The molecule has 1 amide bonds. The van der Waals surface area contributed by atoms with E-state index in [1.54, 1.807) is 0 Å². The number of hydrogen-bond donors (Lipinski definition) is 2. The molecule has 0 bridgehead atoms. The Morgan fingerprint density at radius 3 is 2.54 bits per heavy atom. The maximum Gasteiger partial charge on any atom is 0.417 e. The van der Waals surface area contributed by atoms with Gasteiger partial charge < -0.3 is 20.2 Å². The molecule has 4 atom stereocenters. The molecule has 3 aromatic rings. The van der Waals surface area contributed by atoms with Gasteiger partial charge in [-0.05, 0) is 19.1 Å². The minimum absolute atomic E-state index is 0.0725. The van der Waals surface area contributed by atoms with Gasteiger partial charge >= 0.3 is 6.18 Å². The summed E-state index contributed by atoms with van der Waals surface area (Å²) in [4.78, 5) is 31.4. The Morgan fingerprint density at radius 1 is 1.26 bits per heavy atom. The molecule has 0 aliphatic carbocycles. The van der Waals surface area contributed by atoms with Crippen molar-refractivity contribution >= 4 is 16.9 Å². The summed E-state index contributed by atoms with van der Waals surface area (Å²) in [6.07, 6.45) is -5.11. The number of nitrogens with two attached hydrogens (primary N) is 1. The standard InChI is InChI=1S/C23H20F5N3O4/c1-9-15(10-4-5-12(24)17(25)18(10)34-3)19(35-22(9,2)23(26,27)28)13-8-14(32)16-11(20(29)33)6-7-30-21(16)31-13/h4-9,15,19H,1-3H3,(H2,29,33)(H,30,31,32)/t9-,15-,19-,22+/m0/s1. The molecule has 12 heteroatoms. The quantitative estimate of drug-likeness (QED) is 0.528. The maximum absolute atomic E-state index is 14.5. The van der Waals surface area contributed by atoms with Crippen molar-refractivity contribution in [1.82, 2.24) is 9.97 Å². The average Bonchev–Trinajstić information content (AvgIpc) is 3.06. The lowest BCUT2D eigenvalue weighted by atomic mass is 9.76. The van der Waals surface area contributed by atoms with Gasteiger partial charge in [-0.15, -0.1) is 0 Å². The van der Waals surface area contributed by atoms with Crippen molar-refractivity contribution in [3.63, 3.8) is 0 Å². The number of nitrogens with zero attached hydrogens (tertiary/aromatic N) is 1. The largest absolute Gasteiger partial charge is 0.493 e. The normalized spacial score (nSPS) is 24.6. The molecule has 1 aromatic carbocycles. The fourth-order valence-electron chi connectivity index (χ4n) is 4.63. The van der Waals surface area contributed by atoms with Gasteiger partial charge in [-0.2, -0.15) is 17.6 Å². The number of amides is 1. The number of halogens is 5. The second kappa shape index (κ2) is 8.29. The molecular weight excluding hydrogens is 477 g/mol. The Kier molecular flexibility index (Phi) is 5.82. The Balaban J connectivity index is 1.98. The van der Waals surface area contributed by atoms with Crippen LogP contribution in [0.2, 0.25) is 0 Å². The molecular formula is C23H20F5N3O4. The highest BCUT2D eigenvalue weighted by Crippen LogP contribution is 2.59. The van der Waals surface area contributed by atoms with Gasteiger partial charge in [-0.3, -0.25) is 9.59 Å². The minimum atomic E-state index is -4.85. The number of nitrogens with one attached hydrogen (secondary N) is 1. The maximum atomic E-state index is 14.5. The van der Waals surface area contributed by atoms with Crippen LogP contribution in [-0.4, -0.2) is 34.8 Å². The van der Waals surface area contributed by atoms with Crippen molar-refractivity contribution in [2.45, 2.75) is 37.6 Å². The van der Waals surface area contributed by atoms with Crippen molar-refractivity contribution in [2.75, 3.05) is 7.11 Å². The predicted octanol–water partition coefficient (Wildman–Crippen LogP) is 4.12. The van der Waals surface area contributed by atoms with Crippen molar-refractivity contribution in [1.29, 1.82) is 0 Å². The minimum Gasteiger partial charge on any atom is -0.493 e. The van der Waals surface area contributed by atoms with Crippen molar-refractivity contribution in [2.24, 2.45) is 11.7 Å². The number of pyridine rings is 2. The number of aromatic amines is 1. The van der Waals surface area contributed by atoms with Crippen LogP contribution in [0.5, 0.6) is 5.75 Å². The molecule has 1 aliphatic heterocycles. The van der Waals surface area contributed by atoms with Gasteiger partial charge in [-0.1, -0.05) is 13.0 Å². The molecule has 0 spiro atoms. The summed E-state index contributed by atoms with van der Waals surface area (Å²) < 4.78 is 81.4. The number of methoxy groups -OCH3 is 1. The number of aromatic nitrogens is 2. The first kappa shape index (κ1) is 24.6. The summed E-state index contributed by atoms with van der Waals surface area (Å²) in [7, 11) is 1.06. The molecule has 3 N–H and O–H groups in total. The number of alkyl halides is 3. The second-order valence-corrected chi connectivity index (χ2v) is 8.48. The molecule has 2 aromatic heterocycles. The fraction of sp³-hybridized carbons (Fsp3) is 0.348. The molecule has 3 heterocycles. The second-order valence-electron chi connectivity index (χ2n) is 8.48. The zero-order chi connectivity index (χ0) is 25.9. The highest BCUT2D eigenvalue weighted by atomic mass is 19.4. The van der Waals surface area contributed by atoms with E-state index in [9.17, 15) is 31.5 Å². The van der Waals surface area contributed by atoms with E-state index >= 15 is 0 Å². The van der Waals surface area contributed by atoms with Crippen LogP contribution in [-0.2, 0) is 4.74 Å². The van der Waals surface area contributed by atoms with Gasteiger partial charge in [0.15, 0.2) is 22.6 Å². The topological polar surface area (TPSA) is 107 Å². The predicted molar refractivity (Wildman–Crippen MR) is 114 cm³/mol. The molecule has 7 nitrogen and oxygen atoms in total. The SMILES string of the molecule is COc1c([C@H]2[C@H](c3cc(=O)c4c(C(N)=O)ccnc4[nH]3)O[C@@](C)(C(F)(F)F)[C@H]2C)ccc(F)c1F. The first-order chi connectivity index (χ1) is 16.3. The van der Waals surface area contributed by atoms with Gasteiger partial charge in [0.25, 0.3) is 0 Å². The number of carbonyl (C=O) groups excluding carboxylic acids is 1. The van der Waals surface area contributed by atoms with E-state index in [0.29, 0.717) is 0 Å². The van der Waals surface area contributed by atoms with Crippen LogP contribution in [0.4, 0.5) is 22.0 Å². The average molecular weight is 497 g/mol. The summed E-state index contributed by atoms with van der Waals surface area (Å²) in [6, 6.07) is 4.13. The van der Waals surface area contributed by atoms with Crippen molar-refractivity contribution < 1.29 is 36.2 Å². The lowest BCUT2D eigenvalue weighted by Gasteiger charge is -2.32. The van der Waals surface area contributed by atoms with Crippen LogP contribution in [0, 0.1) is 17.6 Å². The number of H-pyrrole nitrogens is 1. The summed E-state index contributed by atoms with van der Waals surface area (Å²) >= 11 is 0. The van der Waals surface area contributed by atoms with Crippen molar-refractivity contribution in [3.8, 4) is 5.75 Å². The van der Waals surface area contributed by atoms with Gasteiger partial charge in [0, 0.05) is 29.7 Å². The molecule has 1 aliphatic rings. The molecule has 186 valence electrons. The van der Waals surface area contributed by atoms with E-state index < -0.39 is 58.4 Å². The van der Waals surface area contributed by atoms with E-state index in [-0.39, 0.29) is 27.9 Å². The Labute approximate surface area is 195 Å². The lowest BCUT2D eigenvalue weighted by Crippen LogP contribution is -2.46.